The molecule has 0 bridgehead atoms. The molecule has 0 aliphatic rings. The molecule has 2 radical (unpaired) electrons. The number of halogens is 1. The van der Waals surface area contributed by atoms with E-state index in [0.29, 0.717) is 0 Å². The third-order valence-corrected chi connectivity index (χ3v) is 1.75. The quantitative estimate of drug-likeness (QED) is 0.494. The Labute approximate surface area is 64.5 Å². The summed E-state index contributed by atoms with van der Waals surface area (Å²) in [5, 5.41) is 0. The minimum absolute atomic E-state index is 0.243. The van der Waals surface area contributed by atoms with Crippen LogP contribution >= 0.6 is 15.9 Å². The molecule has 0 amide bonds. The molecule has 0 saturated carbocycles. The fourth-order valence-electron chi connectivity index (χ4n) is 0.445. The lowest BCUT2D eigenvalue weighted by Crippen LogP contribution is -2.15. The smallest absolute Gasteiger partial charge is 0.378 e. The van der Waals surface area contributed by atoms with Crippen LogP contribution in [-0.2, 0) is 9.45 Å². The second-order valence-electron chi connectivity index (χ2n) is 1.69. The Bertz CT molecular complexity index is 97.0. The van der Waals surface area contributed by atoms with Crippen molar-refractivity contribution in [1.82, 2.24) is 0 Å². The Morgan fingerprint density at radius 1 is 1.89 bits per heavy atom. The lowest BCUT2D eigenvalue weighted by Gasteiger charge is -2.04. The fraction of sp³-hybridized carbons (Fsp3) is 0.800. The maximum absolute atomic E-state index is 10.5. The van der Waals surface area contributed by atoms with Crippen molar-refractivity contribution in [3.8, 4) is 0 Å². The molecule has 0 saturated heterocycles. The lowest BCUT2D eigenvalue weighted by atomic mass is 10.2. The molecule has 0 spiro atoms. The van der Waals surface area contributed by atoms with Crippen molar-refractivity contribution in [3.63, 3.8) is 0 Å². The second-order valence-corrected chi connectivity index (χ2v) is 2.80. The molecule has 0 aliphatic heterocycles. The third kappa shape index (κ3) is 3.57. The predicted molar refractivity (Wildman–Crippen MR) is 39.5 cm³/mol. The molecule has 0 aliphatic carbocycles. The molecule has 0 fully saturated rings. The zero-order valence-corrected chi connectivity index (χ0v) is 6.85. The normalized spacial score (nSPS) is 12.7. The molecule has 50 valence electrons. The average Bonchev–Trinajstić information content (AvgIpc) is 1.87. The van der Waals surface area contributed by atoms with E-state index in [9.17, 15) is 4.79 Å². The van der Waals surface area contributed by atoms with Crippen molar-refractivity contribution in [2.75, 3.05) is 0 Å². The van der Waals surface area contributed by atoms with Gasteiger partial charge in [0.15, 0.2) is 0 Å². The van der Waals surface area contributed by atoms with Gasteiger partial charge in [-0.3, -0.25) is 4.79 Å². The number of rotatable bonds is 3. The van der Waals surface area contributed by atoms with Gasteiger partial charge in [-0.2, -0.15) is 0 Å². The van der Waals surface area contributed by atoms with Crippen LogP contribution in [0.4, 0.5) is 0 Å². The van der Waals surface area contributed by atoms with Crippen LogP contribution < -0.4 is 0 Å². The van der Waals surface area contributed by atoms with E-state index in [1.165, 1.54) is 0 Å². The van der Waals surface area contributed by atoms with Gasteiger partial charge in [0.25, 0.3) is 0 Å². The summed E-state index contributed by atoms with van der Waals surface area (Å²) < 4.78 is 3.98. The van der Waals surface area contributed by atoms with Gasteiger partial charge in [0, 0.05) is 0 Å². The Hall–Kier alpha value is 0.0149. The van der Waals surface area contributed by atoms with Gasteiger partial charge in [-0.25, -0.2) is 0 Å². The summed E-state index contributed by atoms with van der Waals surface area (Å²) in [6.07, 6.45) is 1.70. The Morgan fingerprint density at radius 3 is 2.78 bits per heavy atom. The van der Waals surface area contributed by atoms with E-state index in [1.54, 1.807) is 0 Å². The first-order valence-electron chi connectivity index (χ1n) is 2.77. The van der Waals surface area contributed by atoms with Crippen molar-refractivity contribution in [2.45, 2.75) is 24.6 Å². The van der Waals surface area contributed by atoms with E-state index in [2.05, 4.69) is 28.6 Å². The summed E-state index contributed by atoms with van der Waals surface area (Å²) >= 11 is 3.11. The minimum Gasteiger partial charge on any atom is -0.543 e. The van der Waals surface area contributed by atoms with Gasteiger partial charge >= 0.3 is 14.0 Å². The van der Waals surface area contributed by atoms with Crippen molar-refractivity contribution in [3.05, 3.63) is 0 Å². The monoisotopic (exact) mass is 190 g/mol. The molecule has 0 aromatic rings. The maximum atomic E-state index is 10.5. The summed E-state index contributed by atoms with van der Waals surface area (Å²) in [6.45, 7) is 1.98. The Kier molecular flexibility index (Phi) is 4.86. The van der Waals surface area contributed by atoms with E-state index in [1.807, 2.05) is 6.92 Å². The molecule has 0 unspecified atom stereocenters. The number of hydrogen-bond acceptors (Lipinski definition) is 2. The van der Waals surface area contributed by atoms with Crippen molar-refractivity contribution < 1.29 is 9.45 Å². The van der Waals surface area contributed by atoms with Crippen LogP contribution in [0.1, 0.15) is 19.8 Å². The highest BCUT2D eigenvalue weighted by atomic mass is 79.9. The molecule has 0 heterocycles. The largest absolute Gasteiger partial charge is 0.543 e. The van der Waals surface area contributed by atoms with Crippen molar-refractivity contribution in [1.29, 1.82) is 0 Å². The molecule has 0 aromatic heterocycles. The summed E-state index contributed by atoms with van der Waals surface area (Å²) in [6, 6.07) is 0. The van der Waals surface area contributed by atoms with Gasteiger partial charge in [0.1, 0.15) is 4.83 Å². The fourth-order valence-corrected chi connectivity index (χ4v) is 1.01. The van der Waals surface area contributed by atoms with Crippen LogP contribution in [0.15, 0.2) is 0 Å². The second kappa shape index (κ2) is 4.85. The van der Waals surface area contributed by atoms with Gasteiger partial charge in [0.2, 0.25) is 0 Å². The van der Waals surface area contributed by atoms with Gasteiger partial charge in [0.05, 0.1) is 0 Å². The summed E-state index contributed by atoms with van der Waals surface area (Å²) in [4.78, 5) is 10.3. The highest BCUT2D eigenvalue weighted by Crippen LogP contribution is 2.08. The molecule has 1 atom stereocenters. The predicted octanol–water partition coefficient (Wildman–Crippen LogP) is 1.18. The first kappa shape index (κ1) is 9.01. The summed E-state index contributed by atoms with van der Waals surface area (Å²) in [5.74, 6) is -0.406. The molecule has 2 nitrogen and oxygen atoms in total. The molecular weight excluding hydrogens is 183 g/mol. The van der Waals surface area contributed by atoms with Crippen LogP contribution in [0, 0.1) is 0 Å². The first-order chi connectivity index (χ1) is 4.22. The summed E-state index contributed by atoms with van der Waals surface area (Å²) in [7, 11) is 4.62. The molecule has 0 aromatic carbocycles. The van der Waals surface area contributed by atoms with Gasteiger partial charge in [-0.15, -0.1) is 0 Å². The lowest BCUT2D eigenvalue weighted by molar-refractivity contribution is -0.133. The zero-order chi connectivity index (χ0) is 7.28. The van der Waals surface area contributed by atoms with E-state index in [0.717, 1.165) is 12.8 Å². The van der Waals surface area contributed by atoms with Gasteiger partial charge < -0.3 is 4.65 Å². The van der Waals surface area contributed by atoms with Crippen LogP contribution in [0.2, 0.25) is 0 Å². The van der Waals surface area contributed by atoms with E-state index >= 15 is 0 Å². The number of carbonyl (C=O) groups is 1. The first-order valence-corrected chi connectivity index (χ1v) is 3.68. The zero-order valence-electron chi connectivity index (χ0n) is 5.26. The Balaban J connectivity index is 3.45. The highest BCUT2D eigenvalue weighted by molar-refractivity contribution is 9.10. The van der Waals surface area contributed by atoms with E-state index in [4.69, 9.17) is 0 Å². The minimum atomic E-state index is -0.406. The van der Waals surface area contributed by atoms with E-state index in [-0.39, 0.29) is 4.83 Å². The maximum Gasteiger partial charge on any atom is 0.378 e. The van der Waals surface area contributed by atoms with Crippen LogP contribution in [-0.4, -0.2) is 18.8 Å². The highest BCUT2D eigenvalue weighted by Gasteiger charge is 2.11. The number of hydrogen-bond donors (Lipinski definition) is 0. The Morgan fingerprint density at radius 2 is 2.44 bits per heavy atom. The standard InChI is InChI=1S/C5H8BBrO2/c1-2-3-4(7)5(8)9-6/h4H,2-3H2,1H3/t4-/m1/s1. The van der Waals surface area contributed by atoms with Crippen LogP contribution in [0.5, 0.6) is 0 Å². The molecular formula is C5H8BBrO2. The summed E-state index contributed by atoms with van der Waals surface area (Å²) in [5.41, 5.74) is 0. The van der Waals surface area contributed by atoms with Crippen LogP contribution in [0.25, 0.3) is 0 Å². The van der Waals surface area contributed by atoms with Gasteiger partial charge in [-0.1, -0.05) is 29.3 Å². The SMILES string of the molecule is [B]OC(=O)[C@H](Br)CCC. The number of alkyl halides is 1. The van der Waals surface area contributed by atoms with Crippen LogP contribution in [0.3, 0.4) is 0 Å². The third-order valence-electron chi connectivity index (χ3n) is 0.914. The molecule has 0 N–H and O–H groups in total. The molecule has 9 heavy (non-hydrogen) atoms. The average molecular weight is 191 g/mol. The van der Waals surface area contributed by atoms with E-state index < -0.39 is 5.97 Å². The van der Waals surface area contributed by atoms with Crippen molar-refractivity contribution >= 4 is 29.9 Å². The molecule has 0 rings (SSSR count). The number of carbonyl (C=O) groups excluding carboxylic acids is 1. The van der Waals surface area contributed by atoms with Gasteiger partial charge in [-0.05, 0) is 6.42 Å². The van der Waals surface area contributed by atoms with Crippen molar-refractivity contribution in [2.24, 2.45) is 0 Å². The molecule has 4 heteroatoms. The topological polar surface area (TPSA) is 26.3 Å².